The number of carbonyl (C=O) groups excluding carboxylic acids is 1. The van der Waals surface area contributed by atoms with Crippen LogP contribution in [0.15, 0.2) is 0 Å². The average molecular weight is 256 g/mol. The van der Waals surface area contributed by atoms with Gasteiger partial charge in [0.1, 0.15) is 6.61 Å². The van der Waals surface area contributed by atoms with Crippen LogP contribution in [0.2, 0.25) is 0 Å². The second kappa shape index (κ2) is 6.50. The number of nitrogens with one attached hydrogen (secondary N) is 1. The highest BCUT2D eigenvalue weighted by Crippen LogP contribution is 2.23. The summed E-state index contributed by atoms with van der Waals surface area (Å²) < 4.78 is 5.67. The SMILES string of the molecule is CC1CCN(C(=O)COC2CCNCC2)C1CO. The molecule has 0 aromatic heterocycles. The van der Waals surface area contributed by atoms with Crippen molar-refractivity contribution in [3.63, 3.8) is 0 Å². The number of nitrogens with zero attached hydrogens (tertiary/aromatic N) is 1. The molecule has 0 radical (unpaired) electrons. The van der Waals surface area contributed by atoms with E-state index in [1.807, 2.05) is 0 Å². The molecule has 2 fully saturated rings. The van der Waals surface area contributed by atoms with Gasteiger partial charge in [-0.2, -0.15) is 0 Å². The Morgan fingerprint density at radius 3 is 2.78 bits per heavy atom. The van der Waals surface area contributed by atoms with E-state index in [1.54, 1.807) is 4.90 Å². The van der Waals surface area contributed by atoms with E-state index in [2.05, 4.69) is 12.2 Å². The summed E-state index contributed by atoms with van der Waals surface area (Å²) in [6.07, 6.45) is 3.15. The maximum atomic E-state index is 12.1. The Hall–Kier alpha value is -0.650. The largest absolute Gasteiger partial charge is 0.394 e. The summed E-state index contributed by atoms with van der Waals surface area (Å²) >= 11 is 0. The third kappa shape index (κ3) is 3.22. The first-order chi connectivity index (χ1) is 8.72. The van der Waals surface area contributed by atoms with E-state index in [-0.39, 0.29) is 31.3 Å². The van der Waals surface area contributed by atoms with Gasteiger partial charge in [-0.25, -0.2) is 0 Å². The van der Waals surface area contributed by atoms with Crippen LogP contribution in [0.5, 0.6) is 0 Å². The molecule has 1 amide bonds. The van der Waals surface area contributed by atoms with Crippen molar-refractivity contribution in [1.29, 1.82) is 0 Å². The van der Waals surface area contributed by atoms with Gasteiger partial charge in [0, 0.05) is 6.54 Å². The van der Waals surface area contributed by atoms with Crippen LogP contribution in [-0.4, -0.2) is 60.9 Å². The van der Waals surface area contributed by atoms with Crippen LogP contribution < -0.4 is 5.32 Å². The summed E-state index contributed by atoms with van der Waals surface area (Å²) in [4.78, 5) is 13.9. The smallest absolute Gasteiger partial charge is 0.248 e. The summed E-state index contributed by atoms with van der Waals surface area (Å²) in [6.45, 7) is 4.99. The number of rotatable bonds is 4. The molecule has 0 aliphatic carbocycles. The first-order valence-corrected chi connectivity index (χ1v) is 6.95. The van der Waals surface area contributed by atoms with Crippen LogP contribution in [0.4, 0.5) is 0 Å². The number of piperidine rings is 1. The van der Waals surface area contributed by atoms with Gasteiger partial charge in [0.15, 0.2) is 0 Å². The fourth-order valence-corrected chi connectivity index (χ4v) is 2.83. The summed E-state index contributed by atoms with van der Waals surface area (Å²) in [5, 5.41) is 12.6. The fraction of sp³-hybridized carbons (Fsp3) is 0.923. The highest BCUT2D eigenvalue weighted by molar-refractivity contribution is 5.78. The lowest BCUT2D eigenvalue weighted by Crippen LogP contribution is -2.43. The Balaban J connectivity index is 1.77. The van der Waals surface area contributed by atoms with Crippen molar-refractivity contribution in [2.24, 2.45) is 5.92 Å². The first-order valence-electron chi connectivity index (χ1n) is 6.95. The average Bonchev–Trinajstić information content (AvgIpc) is 2.78. The van der Waals surface area contributed by atoms with Crippen molar-refractivity contribution in [1.82, 2.24) is 10.2 Å². The fourth-order valence-electron chi connectivity index (χ4n) is 2.83. The van der Waals surface area contributed by atoms with Crippen molar-refractivity contribution >= 4 is 5.91 Å². The van der Waals surface area contributed by atoms with Gasteiger partial charge in [0.05, 0.1) is 18.8 Å². The van der Waals surface area contributed by atoms with Gasteiger partial charge < -0.3 is 20.1 Å². The Morgan fingerprint density at radius 2 is 2.11 bits per heavy atom. The van der Waals surface area contributed by atoms with Crippen LogP contribution in [-0.2, 0) is 9.53 Å². The topological polar surface area (TPSA) is 61.8 Å². The maximum Gasteiger partial charge on any atom is 0.248 e. The van der Waals surface area contributed by atoms with Crippen molar-refractivity contribution < 1.29 is 14.6 Å². The van der Waals surface area contributed by atoms with E-state index in [4.69, 9.17) is 4.74 Å². The molecule has 2 saturated heterocycles. The molecule has 0 aromatic rings. The zero-order valence-electron chi connectivity index (χ0n) is 11.1. The number of likely N-dealkylation sites (tertiary alicyclic amines) is 1. The standard InChI is InChI=1S/C13H24N2O3/c1-10-4-7-15(12(10)8-16)13(17)9-18-11-2-5-14-6-3-11/h10-12,14,16H,2-9H2,1H3. The molecule has 0 aromatic carbocycles. The second-order valence-electron chi connectivity index (χ2n) is 5.36. The quantitative estimate of drug-likeness (QED) is 0.742. The summed E-state index contributed by atoms with van der Waals surface area (Å²) in [5.41, 5.74) is 0. The zero-order chi connectivity index (χ0) is 13.0. The molecule has 0 bridgehead atoms. The molecule has 104 valence electrons. The molecule has 5 heteroatoms. The van der Waals surface area contributed by atoms with E-state index in [0.717, 1.165) is 38.9 Å². The molecule has 2 aliphatic rings. The minimum Gasteiger partial charge on any atom is -0.394 e. The lowest BCUT2D eigenvalue weighted by atomic mass is 10.0. The van der Waals surface area contributed by atoms with E-state index < -0.39 is 0 Å². The number of carbonyl (C=O) groups is 1. The number of hydrogen-bond acceptors (Lipinski definition) is 4. The number of amides is 1. The van der Waals surface area contributed by atoms with Gasteiger partial charge in [0.2, 0.25) is 5.91 Å². The molecule has 2 unspecified atom stereocenters. The third-order valence-electron chi connectivity index (χ3n) is 4.12. The van der Waals surface area contributed by atoms with Crippen LogP contribution in [0.25, 0.3) is 0 Å². The third-order valence-corrected chi connectivity index (χ3v) is 4.12. The maximum absolute atomic E-state index is 12.1. The molecular weight excluding hydrogens is 232 g/mol. The summed E-state index contributed by atoms with van der Waals surface area (Å²) in [5.74, 6) is 0.412. The Kier molecular flexibility index (Phi) is 4.97. The molecule has 18 heavy (non-hydrogen) atoms. The molecule has 5 nitrogen and oxygen atoms in total. The van der Waals surface area contributed by atoms with E-state index in [1.165, 1.54) is 0 Å². The van der Waals surface area contributed by atoms with Crippen LogP contribution in [0.1, 0.15) is 26.2 Å². The highest BCUT2D eigenvalue weighted by atomic mass is 16.5. The molecule has 2 atom stereocenters. The number of aliphatic hydroxyl groups is 1. The molecule has 2 rings (SSSR count). The monoisotopic (exact) mass is 256 g/mol. The first kappa shape index (κ1) is 13.8. The minimum atomic E-state index is -0.0193. The molecular formula is C13H24N2O3. The summed E-state index contributed by atoms with van der Waals surface area (Å²) in [7, 11) is 0. The van der Waals surface area contributed by atoms with E-state index >= 15 is 0 Å². The van der Waals surface area contributed by atoms with Gasteiger partial charge in [0.25, 0.3) is 0 Å². The Bertz CT molecular complexity index is 279. The van der Waals surface area contributed by atoms with Crippen molar-refractivity contribution in [3.05, 3.63) is 0 Å². The van der Waals surface area contributed by atoms with Gasteiger partial charge in [-0.3, -0.25) is 4.79 Å². The summed E-state index contributed by atoms with van der Waals surface area (Å²) in [6, 6.07) is -0.0193. The van der Waals surface area contributed by atoms with Crippen molar-refractivity contribution in [3.8, 4) is 0 Å². The van der Waals surface area contributed by atoms with Gasteiger partial charge in [-0.1, -0.05) is 6.92 Å². The Morgan fingerprint density at radius 1 is 1.39 bits per heavy atom. The van der Waals surface area contributed by atoms with Crippen LogP contribution in [0.3, 0.4) is 0 Å². The van der Waals surface area contributed by atoms with Crippen LogP contribution >= 0.6 is 0 Å². The zero-order valence-corrected chi connectivity index (χ0v) is 11.1. The number of ether oxygens (including phenoxy) is 1. The predicted molar refractivity (Wildman–Crippen MR) is 68.2 cm³/mol. The lowest BCUT2D eigenvalue weighted by Gasteiger charge is -2.27. The second-order valence-corrected chi connectivity index (χ2v) is 5.36. The molecule has 2 aliphatic heterocycles. The van der Waals surface area contributed by atoms with Crippen LogP contribution in [0, 0.1) is 5.92 Å². The van der Waals surface area contributed by atoms with Gasteiger partial charge >= 0.3 is 0 Å². The normalized spacial score (nSPS) is 29.8. The molecule has 0 spiro atoms. The minimum absolute atomic E-state index is 0.0193. The number of aliphatic hydroxyl groups excluding tert-OH is 1. The number of hydrogen-bond donors (Lipinski definition) is 2. The van der Waals surface area contributed by atoms with Crippen molar-refractivity contribution in [2.75, 3.05) is 32.8 Å². The molecule has 0 saturated carbocycles. The van der Waals surface area contributed by atoms with E-state index in [9.17, 15) is 9.90 Å². The van der Waals surface area contributed by atoms with E-state index in [0.29, 0.717) is 5.92 Å². The molecule has 2 heterocycles. The van der Waals surface area contributed by atoms with Crippen molar-refractivity contribution in [2.45, 2.75) is 38.3 Å². The molecule has 2 N–H and O–H groups in total. The predicted octanol–water partition coefficient (Wildman–Crippen LogP) is -0.0157. The lowest BCUT2D eigenvalue weighted by molar-refractivity contribution is -0.140. The Labute approximate surface area is 108 Å². The van der Waals surface area contributed by atoms with Gasteiger partial charge in [-0.15, -0.1) is 0 Å². The highest BCUT2D eigenvalue weighted by Gasteiger charge is 2.33. The van der Waals surface area contributed by atoms with Gasteiger partial charge in [-0.05, 0) is 38.3 Å².